The largest absolute Gasteiger partial charge is 0.462 e. The number of carbonyl (C=O) groups excluding carboxylic acids is 2. The monoisotopic (exact) mass is 381 g/mol. The molecule has 3 rings (SSSR count). The van der Waals surface area contributed by atoms with E-state index in [1.807, 2.05) is 18.2 Å². The number of allylic oxidation sites excluding steroid dienone is 1. The number of ether oxygens (including phenoxy) is 1. The molecule has 2 aromatic rings. The van der Waals surface area contributed by atoms with Gasteiger partial charge >= 0.3 is 5.97 Å². The minimum Gasteiger partial charge on any atom is -0.462 e. The maximum Gasteiger partial charge on any atom is 0.343 e. The van der Waals surface area contributed by atoms with Gasteiger partial charge in [-0.1, -0.05) is 24.3 Å². The minimum atomic E-state index is -0.582. The lowest BCUT2D eigenvalue weighted by Crippen LogP contribution is -2.36. The highest BCUT2D eigenvalue weighted by Gasteiger charge is 2.25. The zero-order chi connectivity index (χ0) is 20.1. The molecule has 0 saturated carbocycles. The fraction of sp³-hybridized carbons (Fsp3) is 0.190. The molecule has 1 heterocycles. The van der Waals surface area contributed by atoms with E-state index in [2.05, 4.69) is 15.6 Å². The van der Waals surface area contributed by atoms with Crippen molar-refractivity contribution in [3.05, 3.63) is 71.2 Å². The molecule has 0 radical (unpaired) electrons. The van der Waals surface area contributed by atoms with Crippen LogP contribution in [0.2, 0.25) is 0 Å². The molecule has 0 unspecified atom stereocenters. The summed E-state index contributed by atoms with van der Waals surface area (Å²) in [6, 6.07) is 12.9. The number of amidine groups is 1. The van der Waals surface area contributed by atoms with E-state index in [4.69, 9.17) is 4.74 Å². The van der Waals surface area contributed by atoms with Crippen LogP contribution in [0.25, 0.3) is 0 Å². The number of para-hydroxylation sites is 2. The highest BCUT2D eigenvalue weighted by Crippen LogP contribution is 2.30. The fourth-order valence-electron chi connectivity index (χ4n) is 2.80. The van der Waals surface area contributed by atoms with Crippen molar-refractivity contribution in [2.45, 2.75) is 20.3 Å². The van der Waals surface area contributed by atoms with Gasteiger partial charge in [-0.3, -0.25) is 4.79 Å². The number of hydrogen-bond acceptors (Lipinski definition) is 5. The molecular formula is C21H20FN3O3. The van der Waals surface area contributed by atoms with Gasteiger partial charge in [-0.15, -0.1) is 0 Å². The van der Waals surface area contributed by atoms with Crippen LogP contribution in [0.5, 0.6) is 0 Å². The summed E-state index contributed by atoms with van der Waals surface area (Å²) >= 11 is 0. The number of nitrogens with one attached hydrogen (secondary N) is 2. The second-order valence-corrected chi connectivity index (χ2v) is 6.17. The van der Waals surface area contributed by atoms with Crippen LogP contribution in [-0.4, -0.2) is 24.3 Å². The number of anilines is 1. The van der Waals surface area contributed by atoms with E-state index in [1.165, 1.54) is 24.3 Å². The first-order chi connectivity index (χ1) is 13.5. The third-order valence-corrected chi connectivity index (χ3v) is 4.09. The minimum absolute atomic E-state index is 0.0174. The van der Waals surface area contributed by atoms with Crippen LogP contribution in [0.4, 0.5) is 15.8 Å². The van der Waals surface area contributed by atoms with Gasteiger partial charge in [0, 0.05) is 5.70 Å². The number of carbonyl (C=O) groups is 2. The first-order valence-electron chi connectivity index (χ1n) is 8.85. The van der Waals surface area contributed by atoms with Crippen LogP contribution in [0.1, 0.15) is 19.4 Å². The van der Waals surface area contributed by atoms with Crippen molar-refractivity contribution in [3.8, 4) is 0 Å². The molecule has 2 N–H and O–H groups in total. The topological polar surface area (TPSA) is 79.8 Å². The summed E-state index contributed by atoms with van der Waals surface area (Å²) in [5.74, 6) is -1.22. The molecule has 0 spiro atoms. The molecule has 144 valence electrons. The fourth-order valence-corrected chi connectivity index (χ4v) is 2.80. The summed E-state index contributed by atoms with van der Waals surface area (Å²) in [5, 5.41) is 5.84. The molecule has 28 heavy (non-hydrogen) atoms. The van der Waals surface area contributed by atoms with Crippen molar-refractivity contribution < 1.29 is 18.7 Å². The molecule has 1 amide bonds. The first-order valence-corrected chi connectivity index (χ1v) is 8.85. The normalized spacial score (nSPS) is 13.0. The predicted octanol–water partition coefficient (Wildman–Crippen LogP) is 3.48. The molecule has 0 bridgehead atoms. The lowest BCUT2D eigenvalue weighted by Gasteiger charge is -2.13. The van der Waals surface area contributed by atoms with E-state index in [9.17, 15) is 14.0 Å². The number of aliphatic imine (C=N–C) groups is 1. The Kier molecular flexibility index (Phi) is 5.84. The highest BCUT2D eigenvalue weighted by molar-refractivity contribution is 6.24. The molecule has 1 aliphatic heterocycles. The third-order valence-electron chi connectivity index (χ3n) is 4.09. The summed E-state index contributed by atoms with van der Waals surface area (Å²) in [7, 11) is 0. The Morgan fingerprint density at radius 1 is 1.14 bits per heavy atom. The van der Waals surface area contributed by atoms with Gasteiger partial charge in [-0.25, -0.2) is 14.2 Å². The second kappa shape index (κ2) is 8.47. The Morgan fingerprint density at radius 3 is 2.57 bits per heavy atom. The van der Waals surface area contributed by atoms with Gasteiger partial charge in [0.05, 0.1) is 24.4 Å². The molecule has 6 nitrogen and oxygen atoms in total. The van der Waals surface area contributed by atoms with Gasteiger partial charge in [-0.05, 0) is 43.7 Å². The Labute approximate surface area is 162 Å². The summed E-state index contributed by atoms with van der Waals surface area (Å²) in [6.07, 6.45) is 0.0174. The van der Waals surface area contributed by atoms with Crippen LogP contribution in [0.15, 0.2) is 64.8 Å². The maximum absolute atomic E-state index is 13.1. The molecule has 0 aliphatic carbocycles. The maximum atomic E-state index is 13.1. The number of benzene rings is 2. The molecule has 2 aromatic carbocycles. The Balaban J connectivity index is 1.92. The number of halogens is 1. The van der Waals surface area contributed by atoms with Crippen molar-refractivity contribution in [1.82, 2.24) is 5.32 Å². The summed E-state index contributed by atoms with van der Waals surface area (Å²) in [6.45, 7) is 3.62. The molecule has 7 heteroatoms. The number of esters is 1. The molecule has 0 aromatic heterocycles. The lowest BCUT2D eigenvalue weighted by atomic mass is 10.1. The number of amides is 1. The third kappa shape index (κ3) is 4.43. The van der Waals surface area contributed by atoms with Crippen LogP contribution in [-0.2, 0) is 20.7 Å². The van der Waals surface area contributed by atoms with Crippen molar-refractivity contribution >= 4 is 29.1 Å². The summed E-state index contributed by atoms with van der Waals surface area (Å²) in [4.78, 5) is 29.5. The van der Waals surface area contributed by atoms with Gasteiger partial charge in [0.1, 0.15) is 17.2 Å². The van der Waals surface area contributed by atoms with E-state index in [-0.39, 0.29) is 36.2 Å². The molecular weight excluding hydrogens is 361 g/mol. The number of nitrogens with zero attached hydrogens (tertiary/aromatic N) is 1. The van der Waals surface area contributed by atoms with Gasteiger partial charge in [0.15, 0.2) is 0 Å². The van der Waals surface area contributed by atoms with E-state index >= 15 is 0 Å². The number of hydrogen-bond donors (Lipinski definition) is 2. The molecule has 1 aliphatic rings. The average molecular weight is 381 g/mol. The van der Waals surface area contributed by atoms with E-state index in [0.717, 1.165) is 0 Å². The van der Waals surface area contributed by atoms with E-state index in [0.29, 0.717) is 22.6 Å². The summed E-state index contributed by atoms with van der Waals surface area (Å²) in [5.41, 5.74) is 2.61. The lowest BCUT2D eigenvalue weighted by molar-refractivity contribution is -0.137. The van der Waals surface area contributed by atoms with Gasteiger partial charge in [0.25, 0.3) is 0 Å². The Hall–Kier alpha value is -3.48. The van der Waals surface area contributed by atoms with Crippen molar-refractivity contribution in [3.63, 3.8) is 0 Å². The van der Waals surface area contributed by atoms with Crippen molar-refractivity contribution in [2.24, 2.45) is 4.99 Å². The summed E-state index contributed by atoms with van der Waals surface area (Å²) < 4.78 is 18.2. The SMILES string of the molecule is CCOC(=O)C1=C(C)Nc2ccccc2N=C1NC(=O)Cc1ccc(F)cc1. The van der Waals surface area contributed by atoms with Crippen LogP contribution in [0, 0.1) is 5.82 Å². The van der Waals surface area contributed by atoms with E-state index < -0.39 is 5.97 Å². The van der Waals surface area contributed by atoms with Crippen LogP contribution >= 0.6 is 0 Å². The quantitative estimate of drug-likeness (QED) is 0.795. The smallest absolute Gasteiger partial charge is 0.343 e. The highest BCUT2D eigenvalue weighted by atomic mass is 19.1. The van der Waals surface area contributed by atoms with Gasteiger partial charge < -0.3 is 15.4 Å². The zero-order valence-electron chi connectivity index (χ0n) is 15.6. The molecule has 0 fully saturated rings. The van der Waals surface area contributed by atoms with Crippen molar-refractivity contribution in [2.75, 3.05) is 11.9 Å². The zero-order valence-corrected chi connectivity index (χ0v) is 15.6. The van der Waals surface area contributed by atoms with Gasteiger partial charge in [-0.2, -0.15) is 0 Å². The molecule has 0 saturated heterocycles. The Morgan fingerprint density at radius 2 is 1.86 bits per heavy atom. The van der Waals surface area contributed by atoms with Crippen LogP contribution < -0.4 is 10.6 Å². The predicted molar refractivity (Wildman–Crippen MR) is 105 cm³/mol. The molecule has 0 atom stereocenters. The van der Waals surface area contributed by atoms with Crippen LogP contribution in [0.3, 0.4) is 0 Å². The first kappa shape index (κ1) is 19.3. The number of rotatable bonds is 4. The Bertz CT molecular complexity index is 965. The number of fused-ring (bicyclic) bond motifs is 1. The van der Waals surface area contributed by atoms with Crippen molar-refractivity contribution in [1.29, 1.82) is 0 Å². The van der Waals surface area contributed by atoms with E-state index in [1.54, 1.807) is 19.9 Å². The van der Waals surface area contributed by atoms with Gasteiger partial charge in [0.2, 0.25) is 5.91 Å². The standard InChI is InChI=1S/C21H20FN3O3/c1-3-28-21(27)19-13(2)23-16-6-4-5-7-17(16)24-20(19)25-18(26)12-14-8-10-15(22)11-9-14/h4-11,23H,3,12H2,1-2H3,(H,24,25,26). The average Bonchev–Trinajstić information content (AvgIpc) is 2.79. The second-order valence-electron chi connectivity index (χ2n) is 6.17.